The predicted molar refractivity (Wildman–Crippen MR) is 105 cm³/mol. The van der Waals surface area contributed by atoms with Crippen molar-refractivity contribution in [3.8, 4) is 0 Å². The third-order valence-electron chi connectivity index (χ3n) is 4.56. The Hall–Kier alpha value is -2.95. The van der Waals surface area contributed by atoms with Crippen molar-refractivity contribution < 1.29 is 15.0 Å². The molecule has 138 valence electrons. The molecular weight excluding hydrogens is 338 g/mol. The van der Waals surface area contributed by atoms with Gasteiger partial charge < -0.3 is 10.2 Å². The van der Waals surface area contributed by atoms with Gasteiger partial charge in [0, 0.05) is 19.6 Å². The maximum Gasteiger partial charge on any atom is 0.341 e. The summed E-state index contributed by atoms with van der Waals surface area (Å²) >= 11 is 0. The standard InChI is InChI=1S/C23H23NO3/c25-22(26)23(27,21-14-8-3-9-15-21)18-24(16-19-10-4-1-5-11-19)17-20-12-6-2-7-13-20/h1-15,27H,16-18H2,(H,25,26)/t23-/m0/s1. The minimum Gasteiger partial charge on any atom is -0.479 e. The molecule has 0 spiro atoms. The van der Waals surface area contributed by atoms with Crippen molar-refractivity contribution in [3.05, 3.63) is 108 Å². The predicted octanol–water partition coefficient (Wildman–Crippen LogP) is 3.66. The van der Waals surface area contributed by atoms with E-state index in [0.29, 0.717) is 18.7 Å². The first kappa shape index (κ1) is 18.8. The largest absolute Gasteiger partial charge is 0.479 e. The van der Waals surface area contributed by atoms with Gasteiger partial charge in [0.15, 0.2) is 5.60 Å². The summed E-state index contributed by atoms with van der Waals surface area (Å²) in [5.41, 5.74) is 0.525. The number of benzene rings is 3. The van der Waals surface area contributed by atoms with Crippen molar-refractivity contribution in [2.24, 2.45) is 0 Å². The van der Waals surface area contributed by atoms with Crippen molar-refractivity contribution in [1.82, 2.24) is 4.90 Å². The summed E-state index contributed by atoms with van der Waals surface area (Å²) in [5.74, 6) is -1.25. The number of carbonyl (C=O) groups is 1. The fraction of sp³-hybridized carbons (Fsp3) is 0.174. The van der Waals surface area contributed by atoms with Crippen molar-refractivity contribution in [2.75, 3.05) is 6.54 Å². The Morgan fingerprint density at radius 3 is 1.56 bits per heavy atom. The van der Waals surface area contributed by atoms with Crippen LogP contribution in [0.25, 0.3) is 0 Å². The van der Waals surface area contributed by atoms with Crippen LogP contribution in [-0.4, -0.2) is 27.6 Å². The summed E-state index contributed by atoms with van der Waals surface area (Å²) in [6.07, 6.45) is 0. The Kier molecular flexibility index (Phi) is 6.01. The molecule has 0 aromatic heterocycles. The minimum atomic E-state index is -1.98. The molecule has 0 saturated heterocycles. The molecule has 0 bridgehead atoms. The molecule has 0 amide bonds. The lowest BCUT2D eigenvalue weighted by Gasteiger charge is -2.32. The van der Waals surface area contributed by atoms with E-state index in [0.717, 1.165) is 11.1 Å². The van der Waals surface area contributed by atoms with Gasteiger partial charge in [0.2, 0.25) is 0 Å². The van der Waals surface area contributed by atoms with Gasteiger partial charge in [-0.15, -0.1) is 0 Å². The molecule has 27 heavy (non-hydrogen) atoms. The highest BCUT2D eigenvalue weighted by molar-refractivity contribution is 5.79. The lowest BCUT2D eigenvalue weighted by Crippen LogP contribution is -2.46. The van der Waals surface area contributed by atoms with Crippen LogP contribution in [0, 0.1) is 0 Å². The topological polar surface area (TPSA) is 60.8 Å². The molecule has 2 N–H and O–H groups in total. The van der Waals surface area contributed by atoms with Crippen molar-refractivity contribution in [1.29, 1.82) is 0 Å². The number of carboxylic acids is 1. The monoisotopic (exact) mass is 361 g/mol. The second-order valence-electron chi connectivity index (χ2n) is 6.65. The van der Waals surface area contributed by atoms with Crippen LogP contribution in [0.5, 0.6) is 0 Å². The highest BCUT2D eigenvalue weighted by Crippen LogP contribution is 2.25. The van der Waals surface area contributed by atoms with Crippen molar-refractivity contribution in [2.45, 2.75) is 18.7 Å². The first-order valence-electron chi connectivity index (χ1n) is 8.89. The van der Waals surface area contributed by atoms with Crippen LogP contribution in [0.1, 0.15) is 16.7 Å². The Balaban J connectivity index is 1.89. The van der Waals surface area contributed by atoms with Crippen LogP contribution in [0.2, 0.25) is 0 Å². The molecule has 0 saturated carbocycles. The SMILES string of the molecule is O=C(O)[C@](O)(CN(Cc1ccccc1)Cc1ccccc1)c1ccccc1. The van der Waals surface area contributed by atoms with Gasteiger partial charge in [-0.2, -0.15) is 0 Å². The molecular formula is C23H23NO3. The van der Waals surface area contributed by atoms with E-state index in [1.807, 2.05) is 65.6 Å². The van der Waals surface area contributed by atoms with E-state index in [4.69, 9.17) is 0 Å². The minimum absolute atomic E-state index is 0.0177. The van der Waals surface area contributed by atoms with Gasteiger partial charge >= 0.3 is 5.97 Å². The molecule has 4 heteroatoms. The molecule has 0 fully saturated rings. The quantitative estimate of drug-likeness (QED) is 0.643. The molecule has 1 atom stereocenters. The molecule has 0 radical (unpaired) electrons. The van der Waals surface area contributed by atoms with Crippen molar-refractivity contribution in [3.63, 3.8) is 0 Å². The third kappa shape index (κ3) is 4.82. The number of aliphatic hydroxyl groups is 1. The molecule has 0 aliphatic heterocycles. The van der Waals surface area contributed by atoms with Crippen LogP contribution in [0.15, 0.2) is 91.0 Å². The van der Waals surface area contributed by atoms with E-state index in [9.17, 15) is 15.0 Å². The Morgan fingerprint density at radius 2 is 1.15 bits per heavy atom. The van der Waals surface area contributed by atoms with E-state index < -0.39 is 11.6 Å². The molecule has 0 aliphatic carbocycles. The number of hydrogen-bond donors (Lipinski definition) is 2. The third-order valence-corrected chi connectivity index (χ3v) is 4.56. The molecule has 0 unspecified atom stereocenters. The lowest BCUT2D eigenvalue weighted by molar-refractivity contribution is -0.162. The highest BCUT2D eigenvalue weighted by atomic mass is 16.4. The number of aliphatic carboxylic acids is 1. The number of rotatable bonds is 8. The molecule has 0 aliphatic rings. The molecule has 3 aromatic carbocycles. The van der Waals surface area contributed by atoms with E-state index in [1.165, 1.54) is 0 Å². The fourth-order valence-electron chi connectivity index (χ4n) is 3.17. The zero-order chi connectivity index (χ0) is 19.1. The zero-order valence-corrected chi connectivity index (χ0v) is 15.0. The molecule has 3 aromatic rings. The van der Waals surface area contributed by atoms with Crippen LogP contribution in [0.4, 0.5) is 0 Å². The first-order chi connectivity index (χ1) is 13.1. The summed E-state index contributed by atoms with van der Waals surface area (Å²) in [4.78, 5) is 13.9. The Bertz CT molecular complexity index is 811. The van der Waals surface area contributed by atoms with Crippen LogP contribution >= 0.6 is 0 Å². The van der Waals surface area contributed by atoms with Crippen LogP contribution < -0.4 is 0 Å². The molecule has 4 nitrogen and oxygen atoms in total. The lowest BCUT2D eigenvalue weighted by atomic mass is 9.93. The second kappa shape index (κ2) is 8.62. The smallest absolute Gasteiger partial charge is 0.341 e. The average Bonchev–Trinajstić information content (AvgIpc) is 2.70. The van der Waals surface area contributed by atoms with E-state index in [-0.39, 0.29) is 6.54 Å². The highest BCUT2D eigenvalue weighted by Gasteiger charge is 2.39. The molecule has 0 heterocycles. The van der Waals surface area contributed by atoms with Gasteiger partial charge in [-0.1, -0.05) is 91.0 Å². The average molecular weight is 361 g/mol. The fourth-order valence-corrected chi connectivity index (χ4v) is 3.17. The summed E-state index contributed by atoms with van der Waals surface area (Å²) in [6, 6.07) is 28.3. The Morgan fingerprint density at radius 1 is 0.741 bits per heavy atom. The number of carboxylic acid groups (broad SMARTS) is 1. The maximum absolute atomic E-state index is 12.0. The van der Waals surface area contributed by atoms with Gasteiger partial charge in [-0.25, -0.2) is 4.79 Å². The summed E-state index contributed by atoms with van der Waals surface area (Å²) in [5, 5.41) is 20.8. The Labute approximate surface area is 159 Å². The van der Waals surface area contributed by atoms with Crippen LogP contribution in [-0.2, 0) is 23.5 Å². The van der Waals surface area contributed by atoms with Gasteiger partial charge in [0.1, 0.15) is 0 Å². The van der Waals surface area contributed by atoms with Gasteiger partial charge in [0.25, 0.3) is 0 Å². The summed E-state index contributed by atoms with van der Waals surface area (Å²) in [6.45, 7) is 1.06. The zero-order valence-electron chi connectivity index (χ0n) is 15.0. The van der Waals surface area contributed by atoms with E-state index in [2.05, 4.69) is 0 Å². The number of nitrogens with zero attached hydrogens (tertiary/aromatic N) is 1. The second-order valence-corrected chi connectivity index (χ2v) is 6.65. The van der Waals surface area contributed by atoms with Gasteiger partial charge in [0.05, 0.1) is 0 Å². The summed E-state index contributed by atoms with van der Waals surface area (Å²) in [7, 11) is 0. The summed E-state index contributed by atoms with van der Waals surface area (Å²) < 4.78 is 0. The van der Waals surface area contributed by atoms with E-state index >= 15 is 0 Å². The van der Waals surface area contributed by atoms with Gasteiger partial charge in [-0.05, 0) is 16.7 Å². The van der Waals surface area contributed by atoms with Gasteiger partial charge in [-0.3, -0.25) is 4.90 Å². The van der Waals surface area contributed by atoms with E-state index in [1.54, 1.807) is 30.3 Å². The number of hydrogen-bond acceptors (Lipinski definition) is 3. The first-order valence-corrected chi connectivity index (χ1v) is 8.89. The van der Waals surface area contributed by atoms with Crippen LogP contribution in [0.3, 0.4) is 0 Å². The van der Waals surface area contributed by atoms with Crippen molar-refractivity contribution >= 4 is 5.97 Å². The molecule has 3 rings (SSSR count). The maximum atomic E-state index is 12.0. The normalized spacial score (nSPS) is 13.3.